The average molecular weight is 613 g/mol. The monoisotopic (exact) mass is 612 g/mol. The van der Waals surface area contributed by atoms with Crippen LogP contribution >= 0.6 is 0 Å². The van der Waals surface area contributed by atoms with Crippen molar-refractivity contribution in [1.29, 1.82) is 0 Å². The van der Waals surface area contributed by atoms with Crippen molar-refractivity contribution >= 4 is 18.7 Å². The normalized spacial score (nSPS) is 14.5. The van der Waals surface area contributed by atoms with Crippen LogP contribution in [-0.4, -0.2) is 48.6 Å². The molecule has 0 aliphatic rings. The molecule has 0 unspecified atom stereocenters. The summed E-state index contributed by atoms with van der Waals surface area (Å²) in [7, 11) is -2.53. The molecule has 2 aromatic carbocycles. The van der Waals surface area contributed by atoms with Crippen molar-refractivity contribution in [3.05, 3.63) is 60.7 Å². The van der Waals surface area contributed by atoms with Gasteiger partial charge in [-0.05, 0) is 54.4 Å². The van der Waals surface area contributed by atoms with Gasteiger partial charge in [0.1, 0.15) is 0 Å². The second-order valence-corrected chi connectivity index (χ2v) is 18.2. The molecule has 0 heterocycles. The fourth-order valence-corrected chi connectivity index (χ4v) is 11.0. The van der Waals surface area contributed by atoms with Gasteiger partial charge in [0.2, 0.25) is 0 Å². The number of benzene rings is 2. The zero-order valence-electron chi connectivity index (χ0n) is 28.0. The van der Waals surface area contributed by atoms with Gasteiger partial charge >= 0.3 is 0 Å². The minimum absolute atomic E-state index is 0.0396. The van der Waals surface area contributed by atoms with Crippen LogP contribution in [-0.2, 0) is 4.43 Å². The first-order valence-corrected chi connectivity index (χ1v) is 19.4. The van der Waals surface area contributed by atoms with Gasteiger partial charge in [0.25, 0.3) is 8.32 Å². The summed E-state index contributed by atoms with van der Waals surface area (Å²) in [5.74, 6) is 0. The zero-order chi connectivity index (χ0) is 31.4. The van der Waals surface area contributed by atoms with E-state index >= 15 is 0 Å². The van der Waals surface area contributed by atoms with Crippen LogP contribution in [0.4, 0.5) is 0 Å². The molecule has 0 aromatic heterocycles. The van der Waals surface area contributed by atoms with Crippen LogP contribution in [0.5, 0.6) is 0 Å². The smallest absolute Gasteiger partial charge is 0.261 e. The van der Waals surface area contributed by atoms with Crippen molar-refractivity contribution in [2.75, 3.05) is 6.61 Å². The van der Waals surface area contributed by atoms with E-state index in [1.165, 1.54) is 55.3 Å². The van der Waals surface area contributed by atoms with Crippen molar-refractivity contribution in [1.82, 2.24) is 0 Å². The molecule has 244 valence electrons. The highest BCUT2D eigenvalue weighted by molar-refractivity contribution is 6.99. The van der Waals surface area contributed by atoms with Gasteiger partial charge in [-0.25, -0.2) is 0 Å². The van der Waals surface area contributed by atoms with Gasteiger partial charge < -0.3 is 19.7 Å². The number of hydrogen-bond donors (Lipinski definition) is 3. The minimum atomic E-state index is -2.53. The highest BCUT2D eigenvalue weighted by Gasteiger charge is 2.50. The van der Waals surface area contributed by atoms with Gasteiger partial charge in [-0.1, -0.05) is 158 Å². The molecular formula is C38H64O4Si. The third-order valence-corrected chi connectivity index (χ3v) is 14.0. The van der Waals surface area contributed by atoms with E-state index in [9.17, 15) is 15.3 Å². The fraction of sp³-hybridized carbons (Fsp3) is 0.684. The van der Waals surface area contributed by atoms with Crippen LogP contribution in [0.2, 0.25) is 5.04 Å². The predicted octanol–water partition coefficient (Wildman–Crippen LogP) is 8.30. The quantitative estimate of drug-likeness (QED) is 0.0824. The molecule has 4 nitrogen and oxygen atoms in total. The van der Waals surface area contributed by atoms with Gasteiger partial charge in [-0.15, -0.1) is 0 Å². The summed E-state index contributed by atoms with van der Waals surface area (Å²) in [6, 6.07) is 21.5. The maximum atomic E-state index is 10.8. The standard InChI is InChI=1S/C38H64O4Si/c1-33(39)23-15-12-18-25-34(40)24-16-10-8-6-5-7-9-11-17-26-35(41)31-32-42-43(38(2,3)4,36-27-19-13-20-28-36)37-29-21-14-22-30-37/h13-14,19-22,27-30,33-35,39-41H,5-12,15-18,23-26,31-32H2,1-4H3/t33-,34+,35-/m1/s1. The summed E-state index contributed by atoms with van der Waals surface area (Å²) in [5, 5.41) is 32.7. The lowest BCUT2D eigenvalue weighted by molar-refractivity contribution is 0.125. The van der Waals surface area contributed by atoms with Crippen LogP contribution in [0.1, 0.15) is 137 Å². The molecule has 5 heteroatoms. The molecule has 0 saturated heterocycles. The van der Waals surface area contributed by atoms with E-state index in [1.54, 1.807) is 0 Å². The van der Waals surface area contributed by atoms with Gasteiger partial charge in [0, 0.05) is 6.61 Å². The second-order valence-electron chi connectivity index (χ2n) is 13.9. The van der Waals surface area contributed by atoms with Crippen LogP contribution in [0.15, 0.2) is 60.7 Å². The highest BCUT2D eigenvalue weighted by Crippen LogP contribution is 2.36. The topological polar surface area (TPSA) is 69.9 Å². The van der Waals surface area contributed by atoms with Crippen LogP contribution in [0.25, 0.3) is 0 Å². The van der Waals surface area contributed by atoms with Gasteiger partial charge in [0.15, 0.2) is 0 Å². The van der Waals surface area contributed by atoms with Crippen LogP contribution in [0.3, 0.4) is 0 Å². The molecule has 2 aromatic rings. The van der Waals surface area contributed by atoms with E-state index in [-0.39, 0.29) is 23.4 Å². The molecule has 0 aliphatic carbocycles. The Morgan fingerprint density at radius 1 is 0.535 bits per heavy atom. The Kier molecular flexibility index (Phi) is 18.6. The van der Waals surface area contributed by atoms with E-state index in [2.05, 4.69) is 81.4 Å². The first kappa shape index (κ1) is 37.7. The molecule has 0 spiro atoms. The molecule has 3 atom stereocenters. The Morgan fingerprint density at radius 3 is 1.28 bits per heavy atom. The molecular weight excluding hydrogens is 549 g/mol. The molecule has 0 bridgehead atoms. The molecule has 0 fully saturated rings. The van der Waals surface area contributed by atoms with Gasteiger partial charge in [-0.3, -0.25) is 0 Å². The molecule has 0 radical (unpaired) electrons. The van der Waals surface area contributed by atoms with Crippen molar-refractivity contribution in [3.8, 4) is 0 Å². The van der Waals surface area contributed by atoms with Gasteiger partial charge in [-0.2, -0.15) is 0 Å². The third-order valence-electron chi connectivity index (χ3n) is 8.92. The Morgan fingerprint density at radius 2 is 0.884 bits per heavy atom. The minimum Gasteiger partial charge on any atom is -0.407 e. The molecule has 3 N–H and O–H groups in total. The fourth-order valence-electron chi connectivity index (χ4n) is 6.39. The second kappa shape index (κ2) is 21.3. The van der Waals surface area contributed by atoms with E-state index in [4.69, 9.17) is 4.43 Å². The zero-order valence-corrected chi connectivity index (χ0v) is 29.0. The van der Waals surface area contributed by atoms with E-state index in [0.29, 0.717) is 13.0 Å². The van der Waals surface area contributed by atoms with Crippen molar-refractivity contribution in [3.63, 3.8) is 0 Å². The van der Waals surface area contributed by atoms with E-state index in [0.717, 1.165) is 57.8 Å². The molecule has 0 aliphatic heterocycles. The maximum absolute atomic E-state index is 10.8. The summed E-state index contributed by atoms with van der Waals surface area (Å²) in [4.78, 5) is 0. The number of aliphatic hydroxyl groups is 3. The number of rotatable bonds is 24. The molecule has 0 amide bonds. The first-order valence-electron chi connectivity index (χ1n) is 17.5. The summed E-state index contributed by atoms with van der Waals surface area (Å²) in [6.07, 6.45) is 17.8. The summed E-state index contributed by atoms with van der Waals surface area (Å²) >= 11 is 0. The SMILES string of the molecule is C[C@@H](O)CCCCC[C@@H](O)CCCCCCCCCCC[C@@H](O)CCO[Si](c1ccccc1)(c1ccccc1)C(C)(C)C. The number of aliphatic hydroxyl groups excluding tert-OH is 3. The number of unbranched alkanes of at least 4 members (excludes halogenated alkanes) is 10. The Labute approximate surface area is 265 Å². The van der Waals surface area contributed by atoms with Gasteiger partial charge in [0.05, 0.1) is 18.3 Å². The van der Waals surface area contributed by atoms with E-state index < -0.39 is 8.32 Å². The lowest BCUT2D eigenvalue weighted by Crippen LogP contribution is -2.66. The lowest BCUT2D eigenvalue weighted by atomic mass is 10.0. The Balaban J connectivity index is 1.57. The molecule has 43 heavy (non-hydrogen) atoms. The highest BCUT2D eigenvalue weighted by atomic mass is 28.4. The summed E-state index contributed by atoms with van der Waals surface area (Å²) < 4.78 is 6.94. The average Bonchev–Trinajstić information content (AvgIpc) is 2.98. The van der Waals surface area contributed by atoms with Crippen molar-refractivity contribution < 1.29 is 19.7 Å². The van der Waals surface area contributed by atoms with Crippen LogP contribution < -0.4 is 10.4 Å². The Hall–Kier alpha value is -1.50. The largest absolute Gasteiger partial charge is 0.407 e. The lowest BCUT2D eigenvalue weighted by Gasteiger charge is -2.43. The van der Waals surface area contributed by atoms with Crippen molar-refractivity contribution in [2.24, 2.45) is 0 Å². The van der Waals surface area contributed by atoms with Crippen molar-refractivity contribution in [2.45, 2.75) is 160 Å². The van der Waals surface area contributed by atoms with E-state index in [1.807, 2.05) is 6.92 Å². The Bertz CT molecular complexity index is 888. The third kappa shape index (κ3) is 14.4. The summed E-state index contributed by atoms with van der Waals surface area (Å²) in [5.41, 5.74) is 0. The maximum Gasteiger partial charge on any atom is 0.261 e. The van der Waals surface area contributed by atoms with Crippen LogP contribution in [0, 0.1) is 0 Å². The summed E-state index contributed by atoms with van der Waals surface area (Å²) in [6.45, 7) is 9.31. The molecule has 2 rings (SSSR count). The first-order chi connectivity index (χ1) is 20.7. The predicted molar refractivity (Wildman–Crippen MR) is 186 cm³/mol. The number of hydrogen-bond acceptors (Lipinski definition) is 4. The molecule has 0 saturated carbocycles.